The van der Waals surface area contributed by atoms with Gasteiger partial charge in [0, 0.05) is 32.0 Å². The molecule has 0 atom stereocenters. The maximum absolute atomic E-state index is 3.16. The molecule has 0 bridgehead atoms. The molecule has 0 aliphatic rings. The number of nitrogens with one attached hydrogen (secondary N) is 1. The number of rotatable bonds is 6. The highest BCUT2D eigenvalue weighted by Gasteiger charge is 2.01. The lowest BCUT2D eigenvalue weighted by Crippen LogP contribution is -2.23. The highest BCUT2D eigenvalue weighted by atomic mass is 15.1. The van der Waals surface area contributed by atoms with Gasteiger partial charge >= 0.3 is 0 Å². The van der Waals surface area contributed by atoms with Gasteiger partial charge in [0.1, 0.15) is 0 Å². The molecule has 90 valence electrons. The van der Waals surface area contributed by atoms with E-state index < -0.39 is 0 Å². The van der Waals surface area contributed by atoms with Crippen molar-refractivity contribution in [1.82, 2.24) is 4.90 Å². The van der Waals surface area contributed by atoms with Crippen LogP contribution >= 0.6 is 0 Å². The normalized spacial score (nSPS) is 10.6. The molecule has 0 aromatic heterocycles. The van der Waals surface area contributed by atoms with Crippen LogP contribution in [0.5, 0.6) is 0 Å². The molecule has 0 radical (unpaired) electrons. The first kappa shape index (κ1) is 12.8. The first-order valence-electron chi connectivity index (χ1n) is 5.77. The summed E-state index contributed by atoms with van der Waals surface area (Å²) in [6, 6.07) is 8.49. The lowest BCUT2D eigenvalue weighted by molar-refractivity contribution is 0.401. The second kappa shape index (κ2) is 6.38. The van der Waals surface area contributed by atoms with Crippen molar-refractivity contribution in [2.75, 3.05) is 51.5 Å². The molecule has 0 fully saturated rings. The van der Waals surface area contributed by atoms with Crippen molar-refractivity contribution in [3.8, 4) is 0 Å². The zero-order valence-electron chi connectivity index (χ0n) is 10.8. The molecule has 0 aliphatic heterocycles. The summed E-state index contributed by atoms with van der Waals surface area (Å²) in [4.78, 5) is 4.52. The summed E-state index contributed by atoms with van der Waals surface area (Å²) in [6.07, 6.45) is 1.19. The molecule has 0 saturated heterocycles. The SMILES string of the molecule is CNc1cccc(N(C)CCCN(C)C)c1. The monoisotopic (exact) mass is 221 g/mol. The Kier molecular flexibility index (Phi) is 5.12. The lowest BCUT2D eigenvalue weighted by atomic mass is 10.2. The maximum Gasteiger partial charge on any atom is 0.0384 e. The van der Waals surface area contributed by atoms with Crippen LogP contribution in [0.15, 0.2) is 24.3 Å². The van der Waals surface area contributed by atoms with Gasteiger partial charge in [-0.1, -0.05) is 6.07 Å². The van der Waals surface area contributed by atoms with Gasteiger partial charge in [-0.15, -0.1) is 0 Å². The van der Waals surface area contributed by atoms with E-state index in [0.29, 0.717) is 0 Å². The van der Waals surface area contributed by atoms with E-state index in [1.54, 1.807) is 0 Å². The predicted octanol–water partition coefficient (Wildman–Crippen LogP) is 2.12. The molecule has 1 rings (SSSR count). The maximum atomic E-state index is 3.16. The number of anilines is 2. The van der Waals surface area contributed by atoms with Gasteiger partial charge in [-0.2, -0.15) is 0 Å². The summed E-state index contributed by atoms with van der Waals surface area (Å²) in [6.45, 7) is 2.22. The molecule has 0 amide bonds. The van der Waals surface area contributed by atoms with Gasteiger partial charge < -0.3 is 15.1 Å². The van der Waals surface area contributed by atoms with Crippen LogP contribution in [0.25, 0.3) is 0 Å². The molecule has 0 aliphatic carbocycles. The fourth-order valence-corrected chi connectivity index (χ4v) is 1.65. The Morgan fingerprint density at radius 3 is 2.50 bits per heavy atom. The van der Waals surface area contributed by atoms with E-state index in [0.717, 1.165) is 18.8 Å². The fraction of sp³-hybridized carbons (Fsp3) is 0.538. The standard InChI is InChI=1S/C13H23N3/c1-14-12-7-5-8-13(11-12)16(4)10-6-9-15(2)3/h5,7-8,11,14H,6,9-10H2,1-4H3. The molecule has 16 heavy (non-hydrogen) atoms. The smallest absolute Gasteiger partial charge is 0.0384 e. The van der Waals surface area contributed by atoms with Crippen LogP contribution in [0.3, 0.4) is 0 Å². The van der Waals surface area contributed by atoms with Crippen molar-refractivity contribution in [3.05, 3.63) is 24.3 Å². The molecule has 3 heteroatoms. The van der Waals surface area contributed by atoms with Crippen LogP contribution in [0.4, 0.5) is 11.4 Å². The molecular weight excluding hydrogens is 198 g/mol. The van der Waals surface area contributed by atoms with E-state index in [1.165, 1.54) is 12.1 Å². The van der Waals surface area contributed by atoms with E-state index in [-0.39, 0.29) is 0 Å². The summed E-state index contributed by atoms with van der Waals surface area (Å²) in [5.41, 5.74) is 2.43. The number of hydrogen-bond acceptors (Lipinski definition) is 3. The highest BCUT2D eigenvalue weighted by Crippen LogP contribution is 2.17. The second-order valence-electron chi connectivity index (χ2n) is 4.38. The van der Waals surface area contributed by atoms with Gasteiger partial charge in [-0.25, -0.2) is 0 Å². The summed E-state index contributed by atoms with van der Waals surface area (Å²) in [7, 11) is 8.32. The van der Waals surface area contributed by atoms with Crippen molar-refractivity contribution < 1.29 is 0 Å². The minimum atomic E-state index is 1.09. The Morgan fingerprint density at radius 2 is 1.88 bits per heavy atom. The molecule has 1 aromatic rings. The molecule has 1 aromatic carbocycles. The summed E-state index contributed by atoms with van der Waals surface area (Å²) in [5.74, 6) is 0. The zero-order valence-corrected chi connectivity index (χ0v) is 10.8. The van der Waals surface area contributed by atoms with Crippen LogP contribution in [-0.2, 0) is 0 Å². The third kappa shape index (κ3) is 4.11. The van der Waals surface area contributed by atoms with E-state index in [9.17, 15) is 0 Å². The van der Waals surface area contributed by atoms with Crippen molar-refractivity contribution in [3.63, 3.8) is 0 Å². The first-order valence-corrected chi connectivity index (χ1v) is 5.77. The Balaban J connectivity index is 2.48. The fourth-order valence-electron chi connectivity index (χ4n) is 1.65. The van der Waals surface area contributed by atoms with Crippen LogP contribution in [0.2, 0.25) is 0 Å². The average molecular weight is 221 g/mol. The average Bonchev–Trinajstić information content (AvgIpc) is 2.28. The number of hydrogen-bond donors (Lipinski definition) is 1. The molecular formula is C13H23N3. The quantitative estimate of drug-likeness (QED) is 0.794. The summed E-state index contributed by atoms with van der Waals surface area (Å²) in [5, 5.41) is 3.16. The van der Waals surface area contributed by atoms with Crippen LogP contribution in [0, 0.1) is 0 Å². The molecule has 3 nitrogen and oxygen atoms in total. The number of nitrogens with zero attached hydrogens (tertiary/aromatic N) is 2. The highest BCUT2D eigenvalue weighted by molar-refractivity contribution is 5.57. The molecule has 0 unspecified atom stereocenters. The van der Waals surface area contributed by atoms with Crippen molar-refractivity contribution in [1.29, 1.82) is 0 Å². The van der Waals surface area contributed by atoms with Crippen LogP contribution < -0.4 is 10.2 Å². The van der Waals surface area contributed by atoms with Gasteiger partial charge in [0.15, 0.2) is 0 Å². The minimum Gasteiger partial charge on any atom is -0.388 e. The second-order valence-corrected chi connectivity index (χ2v) is 4.38. The summed E-state index contributed by atoms with van der Waals surface area (Å²) >= 11 is 0. The van der Waals surface area contributed by atoms with Crippen LogP contribution in [-0.4, -0.2) is 46.2 Å². The Labute approximate surface area is 99.1 Å². The van der Waals surface area contributed by atoms with Crippen molar-refractivity contribution >= 4 is 11.4 Å². The lowest BCUT2D eigenvalue weighted by Gasteiger charge is -2.21. The predicted molar refractivity (Wildman–Crippen MR) is 72.4 cm³/mol. The van der Waals surface area contributed by atoms with E-state index in [1.807, 2.05) is 7.05 Å². The van der Waals surface area contributed by atoms with Crippen molar-refractivity contribution in [2.24, 2.45) is 0 Å². The topological polar surface area (TPSA) is 18.5 Å². The zero-order chi connectivity index (χ0) is 12.0. The van der Waals surface area contributed by atoms with E-state index in [2.05, 4.69) is 60.5 Å². The van der Waals surface area contributed by atoms with Gasteiger partial charge in [0.25, 0.3) is 0 Å². The van der Waals surface area contributed by atoms with Gasteiger partial charge in [0.05, 0.1) is 0 Å². The molecule has 1 N–H and O–H groups in total. The van der Waals surface area contributed by atoms with Gasteiger partial charge in [-0.3, -0.25) is 0 Å². The first-order chi connectivity index (χ1) is 7.63. The Bertz CT molecular complexity index is 310. The minimum absolute atomic E-state index is 1.09. The van der Waals surface area contributed by atoms with Crippen LogP contribution in [0.1, 0.15) is 6.42 Å². The van der Waals surface area contributed by atoms with Gasteiger partial charge in [-0.05, 0) is 45.3 Å². The van der Waals surface area contributed by atoms with Crippen molar-refractivity contribution in [2.45, 2.75) is 6.42 Å². The number of benzene rings is 1. The van der Waals surface area contributed by atoms with E-state index >= 15 is 0 Å². The molecule has 0 spiro atoms. The molecule has 0 heterocycles. The largest absolute Gasteiger partial charge is 0.388 e. The Hall–Kier alpha value is -1.22. The summed E-state index contributed by atoms with van der Waals surface area (Å²) < 4.78 is 0. The Morgan fingerprint density at radius 1 is 1.12 bits per heavy atom. The third-order valence-corrected chi connectivity index (χ3v) is 2.67. The van der Waals surface area contributed by atoms with E-state index in [4.69, 9.17) is 0 Å². The molecule has 0 saturated carbocycles. The third-order valence-electron chi connectivity index (χ3n) is 2.67. The van der Waals surface area contributed by atoms with Gasteiger partial charge in [0.2, 0.25) is 0 Å².